The summed E-state index contributed by atoms with van der Waals surface area (Å²) >= 11 is 0. The summed E-state index contributed by atoms with van der Waals surface area (Å²) in [4.78, 5) is 3.13. The summed E-state index contributed by atoms with van der Waals surface area (Å²) in [7, 11) is -2.14. The van der Waals surface area contributed by atoms with Crippen molar-refractivity contribution in [2.45, 2.75) is 37.7 Å². The topological polar surface area (TPSA) is 78.4 Å². The summed E-state index contributed by atoms with van der Waals surface area (Å²) in [5.74, 6) is -0.0326. The highest BCUT2D eigenvalue weighted by atomic mass is 32.2. The van der Waals surface area contributed by atoms with Crippen LogP contribution in [0.4, 0.5) is 21.6 Å². The van der Waals surface area contributed by atoms with Crippen LogP contribution < -0.4 is 14.5 Å². The van der Waals surface area contributed by atoms with Gasteiger partial charge in [0.25, 0.3) is 10.0 Å². The summed E-state index contributed by atoms with van der Waals surface area (Å²) in [5.41, 5.74) is 0.300. The Morgan fingerprint density at radius 1 is 1.19 bits per heavy atom. The van der Waals surface area contributed by atoms with E-state index in [0.717, 1.165) is 18.5 Å². The Kier molecular flexibility index (Phi) is 3.71. The number of aryl methyl sites for hydroxylation is 1. The molecule has 1 aromatic heterocycles. The number of anilines is 3. The monoisotopic (exact) mass is 377 g/mol. The number of aromatic nitrogens is 2. The summed E-state index contributed by atoms with van der Waals surface area (Å²) in [5, 5.41) is 8.20. The van der Waals surface area contributed by atoms with Crippen molar-refractivity contribution in [1.82, 2.24) is 14.9 Å². The van der Waals surface area contributed by atoms with Gasteiger partial charge in [-0.25, -0.2) is 17.5 Å². The fraction of sp³-hybridized carbons (Fsp3) is 0.412. The first kappa shape index (κ1) is 17.2. The number of rotatable bonds is 4. The van der Waals surface area contributed by atoms with Gasteiger partial charge >= 0.3 is 0 Å². The molecule has 1 aliphatic heterocycles. The van der Waals surface area contributed by atoms with E-state index in [1.165, 1.54) is 12.1 Å². The van der Waals surface area contributed by atoms with Gasteiger partial charge in [-0.15, -0.1) is 5.10 Å². The van der Waals surface area contributed by atoms with Crippen LogP contribution in [0.3, 0.4) is 0 Å². The van der Waals surface area contributed by atoms with Crippen molar-refractivity contribution in [3.8, 4) is 0 Å². The summed E-state index contributed by atoms with van der Waals surface area (Å²) in [6.45, 7) is 3.68. The zero-order valence-corrected chi connectivity index (χ0v) is 15.6. The molecule has 1 atom stereocenters. The Hall–Kier alpha value is -2.26. The Morgan fingerprint density at radius 2 is 1.92 bits per heavy atom. The summed E-state index contributed by atoms with van der Waals surface area (Å²) < 4.78 is 42.9. The Morgan fingerprint density at radius 3 is 2.54 bits per heavy atom. The minimum absolute atomic E-state index is 0.393. The maximum Gasteiger partial charge on any atom is 0.253 e. The van der Waals surface area contributed by atoms with E-state index in [0.29, 0.717) is 17.2 Å². The van der Waals surface area contributed by atoms with E-state index in [2.05, 4.69) is 14.9 Å². The number of sulfonamides is 1. The average Bonchev–Trinajstić information content (AvgIpc) is 3.20. The Bertz CT molecular complexity index is 960. The minimum atomic E-state index is -3.78. The van der Waals surface area contributed by atoms with Crippen molar-refractivity contribution in [2.24, 2.45) is 0 Å². The Balaban J connectivity index is 1.84. The normalized spacial score (nSPS) is 21.0. The van der Waals surface area contributed by atoms with Gasteiger partial charge in [0.1, 0.15) is 5.82 Å². The highest BCUT2D eigenvalue weighted by molar-refractivity contribution is 7.90. The lowest BCUT2D eigenvalue weighted by Crippen LogP contribution is -2.53. The van der Waals surface area contributed by atoms with E-state index in [1.807, 2.05) is 6.92 Å². The quantitative estimate of drug-likeness (QED) is 0.881. The first-order chi connectivity index (χ1) is 12.2. The van der Waals surface area contributed by atoms with Crippen LogP contribution in [0.2, 0.25) is 0 Å². The first-order valence-electron chi connectivity index (χ1n) is 8.35. The largest absolute Gasteiger partial charge is 0.338 e. The standard InChI is InChI=1S/C17H20FN5O2S/c1-11-4-7-15(20-19-11)23-13-6-5-12(18)10-14(13)22(3)16(23)26(24,25)21-17(2)8-9-17/h4-7,10,16,21H,8-9H2,1-3H3. The third-order valence-electron chi connectivity index (χ3n) is 4.83. The molecule has 2 aromatic rings. The van der Waals surface area contributed by atoms with Crippen LogP contribution in [0, 0.1) is 12.7 Å². The third kappa shape index (κ3) is 2.80. The maximum atomic E-state index is 13.8. The number of nitrogens with one attached hydrogen (secondary N) is 1. The molecule has 0 radical (unpaired) electrons. The predicted molar refractivity (Wildman–Crippen MR) is 97.2 cm³/mol. The molecule has 0 amide bonds. The lowest BCUT2D eigenvalue weighted by atomic mass is 10.2. The second kappa shape index (κ2) is 5.62. The molecule has 0 bridgehead atoms. The minimum Gasteiger partial charge on any atom is -0.338 e. The molecule has 4 rings (SSSR count). The van der Waals surface area contributed by atoms with Crippen molar-refractivity contribution >= 4 is 27.2 Å². The second-order valence-electron chi connectivity index (χ2n) is 7.18. The van der Waals surface area contributed by atoms with Crippen LogP contribution in [0.25, 0.3) is 0 Å². The molecule has 26 heavy (non-hydrogen) atoms. The zero-order valence-electron chi connectivity index (χ0n) is 14.8. The third-order valence-corrected chi connectivity index (χ3v) is 6.69. The van der Waals surface area contributed by atoms with Crippen molar-refractivity contribution in [3.05, 3.63) is 41.8 Å². The number of hydrogen-bond acceptors (Lipinski definition) is 6. The van der Waals surface area contributed by atoms with E-state index >= 15 is 0 Å². The highest BCUT2D eigenvalue weighted by Gasteiger charge is 2.49. The van der Waals surface area contributed by atoms with Gasteiger partial charge in [0.15, 0.2) is 5.82 Å². The molecule has 7 nitrogen and oxygen atoms in total. The molecule has 1 aromatic carbocycles. The molecular weight excluding hydrogens is 357 g/mol. The van der Waals surface area contributed by atoms with Gasteiger partial charge in [0.2, 0.25) is 5.50 Å². The molecule has 1 N–H and O–H groups in total. The molecule has 1 aliphatic carbocycles. The number of hydrogen-bond donors (Lipinski definition) is 1. The first-order valence-corrected chi connectivity index (χ1v) is 9.90. The molecule has 1 saturated carbocycles. The van der Waals surface area contributed by atoms with Crippen LogP contribution >= 0.6 is 0 Å². The average molecular weight is 377 g/mol. The molecule has 138 valence electrons. The summed E-state index contributed by atoms with van der Waals surface area (Å²) in [6.07, 6.45) is 1.60. The maximum absolute atomic E-state index is 13.8. The highest BCUT2D eigenvalue weighted by Crippen LogP contribution is 2.45. The number of nitrogens with zero attached hydrogens (tertiary/aromatic N) is 4. The molecule has 9 heteroatoms. The smallest absolute Gasteiger partial charge is 0.253 e. The van der Waals surface area contributed by atoms with Crippen LogP contribution in [-0.2, 0) is 10.0 Å². The van der Waals surface area contributed by atoms with Gasteiger partial charge in [-0.3, -0.25) is 4.90 Å². The van der Waals surface area contributed by atoms with Crippen LogP contribution in [0.1, 0.15) is 25.5 Å². The van der Waals surface area contributed by atoms with E-state index in [4.69, 9.17) is 0 Å². The van der Waals surface area contributed by atoms with Gasteiger partial charge < -0.3 is 4.90 Å². The van der Waals surface area contributed by atoms with Gasteiger partial charge in [-0.05, 0) is 57.0 Å². The molecule has 2 heterocycles. The van der Waals surface area contributed by atoms with Crippen LogP contribution in [0.5, 0.6) is 0 Å². The number of fused-ring (bicyclic) bond motifs is 1. The molecule has 1 fully saturated rings. The van der Waals surface area contributed by atoms with Gasteiger partial charge in [0.05, 0.1) is 17.1 Å². The van der Waals surface area contributed by atoms with E-state index in [9.17, 15) is 12.8 Å². The fourth-order valence-corrected chi connectivity index (χ4v) is 5.21. The molecule has 2 aliphatic rings. The molecule has 1 unspecified atom stereocenters. The molecule has 0 spiro atoms. The zero-order chi connectivity index (χ0) is 18.7. The second-order valence-corrected chi connectivity index (χ2v) is 8.90. The lowest BCUT2D eigenvalue weighted by Gasteiger charge is -2.30. The van der Waals surface area contributed by atoms with E-state index in [1.54, 1.807) is 42.0 Å². The number of benzene rings is 1. The van der Waals surface area contributed by atoms with Crippen molar-refractivity contribution < 1.29 is 12.8 Å². The number of halogens is 1. The lowest BCUT2D eigenvalue weighted by molar-refractivity contribution is 0.542. The predicted octanol–water partition coefficient (Wildman–Crippen LogP) is 2.27. The van der Waals surface area contributed by atoms with Crippen molar-refractivity contribution in [1.29, 1.82) is 0 Å². The van der Waals surface area contributed by atoms with Gasteiger partial charge in [-0.2, -0.15) is 5.10 Å². The van der Waals surface area contributed by atoms with Crippen molar-refractivity contribution in [2.75, 3.05) is 16.8 Å². The Labute approximate surface area is 151 Å². The van der Waals surface area contributed by atoms with Gasteiger partial charge in [0, 0.05) is 12.6 Å². The van der Waals surface area contributed by atoms with E-state index in [-0.39, 0.29) is 0 Å². The van der Waals surface area contributed by atoms with Gasteiger partial charge in [-0.1, -0.05) is 0 Å². The molecule has 0 saturated heterocycles. The van der Waals surface area contributed by atoms with Crippen LogP contribution in [-0.4, -0.2) is 36.7 Å². The SMILES string of the molecule is Cc1ccc(N2c3ccc(F)cc3N(C)C2S(=O)(=O)NC2(C)CC2)nn1. The molecular formula is C17H20FN5O2S. The van der Waals surface area contributed by atoms with Crippen LogP contribution in [0.15, 0.2) is 30.3 Å². The van der Waals surface area contributed by atoms with E-state index < -0.39 is 26.9 Å². The van der Waals surface area contributed by atoms with Crippen molar-refractivity contribution in [3.63, 3.8) is 0 Å². The fourth-order valence-electron chi connectivity index (χ4n) is 3.18. The summed E-state index contributed by atoms with van der Waals surface area (Å²) in [6, 6.07) is 7.69.